The smallest absolute Gasteiger partial charge is 0.246 e. The van der Waals surface area contributed by atoms with Crippen molar-refractivity contribution in [3.8, 4) is 0 Å². The zero-order valence-corrected chi connectivity index (χ0v) is 13.6. The lowest BCUT2D eigenvalue weighted by Crippen LogP contribution is -2.27. The van der Waals surface area contributed by atoms with Crippen molar-refractivity contribution >= 4 is 43.0 Å². The van der Waals surface area contributed by atoms with E-state index < -0.39 is 20.7 Å². The average molecular weight is 380 g/mol. The molecule has 2 N–H and O–H groups in total. The van der Waals surface area contributed by atoms with Crippen molar-refractivity contribution in [1.29, 1.82) is 0 Å². The van der Waals surface area contributed by atoms with E-state index in [1.54, 1.807) is 10.9 Å². The SMILES string of the molecule is CN(Cc1cscn1)S(=O)(=O)c1cc(N)cc(Br)c1F. The Morgan fingerprint density at radius 1 is 1.50 bits per heavy atom. The predicted molar refractivity (Wildman–Crippen MR) is 79.3 cm³/mol. The van der Waals surface area contributed by atoms with E-state index in [1.165, 1.54) is 24.5 Å². The van der Waals surface area contributed by atoms with Gasteiger partial charge < -0.3 is 5.73 Å². The number of benzene rings is 1. The van der Waals surface area contributed by atoms with Gasteiger partial charge in [-0.1, -0.05) is 0 Å². The summed E-state index contributed by atoms with van der Waals surface area (Å²) in [6, 6.07) is 2.42. The quantitative estimate of drug-likeness (QED) is 0.827. The first-order chi connectivity index (χ1) is 9.32. The molecule has 5 nitrogen and oxygen atoms in total. The van der Waals surface area contributed by atoms with Crippen molar-refractivity contribution in [2.45, 2.75) is 11.4 Å². The molecule has 0 aliphatic rings. The van der Waals surface area contributed by atoms with Gasteiger partial charge >= 0.3 is 0 Å². The molecule has 1 heterocycles. The van der Waals surface area contributed by atoms with E-state index in [9.17, 15) is 12.8 Å². The van der Waals surface area contributed by atoms with E-state index in [1.807, 2.05) is 0 Å². The Morgan fingerprint density at radius 2 is 2.20 bits per heavy atom. The number of aromatic nitrogens is 1. The van der Waals surface area contributed by atoms with Gasteiger partial charge in [-0.15, -0.1) is 11.3 Å². The van der Waals surface area contributed by atoms with Crippen molar-refractivity contribution in [2.24, 2.45) is 0 Å². The third-order valence-electron chi connectivity index (χ3n) is 2.57. The van der Waals surface area contributed by atoms with Gasteiger partial charge in [0, 0.05) is 18.1 Å². The van der Waals surface area contributed by atoms with Crippen LogP contribution in [0.2, 0.25) is 0 Å². The molecule has 9 heteroatoms. The Kier molecular flexibility index (Phi) is 4.43. The van der Waals surface area contributed by atoms with Gasteiger partial charge in [-0.2, -0.15) is 4.31 Å². The minimum Gasteiger partial charge on any atom is -0.399 e. The first-order valence-corrected chi connectivity index (χ1v) is 8.58. The molecule has 2 rings (SSSR count). The van der Waals surface area contributed by atoms with E-state index in [-0.39, 0.29) is 16.7 Å². The predicted octanol–water partition coefficient (Wildman–Crippen LogP) is 2.45. The highest BCUT2D eigenvalue weighted by atomic mass is 79.9. The van der Waals surface area contributed by atoms with Gasteiger partial charge in [0.1, 0.15) is 4.90 Å². The normalized spacial score (nSPS) is 12.0. The maximum atomic E-state index is 14.0. The molecule has 0 bridgehead atoms. The van der Waals surface area contributed by atoms with Crippen molar-refractivity contribution in [1.82, 2.24) is 9.29 Å². The number of hydrogen-bond donors (Lipinski definition) is 1. The van der Waals surface area contributed by atoms with Crippen LogP contribution in [0.3, 0.4) is 0 Å². The van der Waals surface area contributed by atoms with Crippen molar-refractivity contribution in [3.63, 3.8) is 0 Å². The lowest BCUT2D eigenvalue weighted by atomic mass is 10.3. The van der Waals surface area contributed by atoms with Gasteiger partial charge in [0.15, 0.2) is 5.82 Å². The molecule has 0 fully saturated rings. The lowest BCUT2D eigenvalue weighted by molar-refractivity contribution is 0.456. The zero-order valence-electron chi connectivity index (χ0n) is 10.4. The average Bonchev–Trinajstić information content (AvgIpc) is 2.86. The molecular formula is C11H11BrFN3O2S2. The number of nitrogens with zero attached hydrogens (tertiary/aromatic N) is 2. The molecule has 0 atom stereocenters. The fraction of sp³-hybridized carbons (Fsp3) is 0.182. The van der Waals surface area contributed by atoms with Crippen LogP contribution >= 0.6 is 27.3 Å². The first kappa shape index (κ1) is 15.4. The summed E-state index contributed by atoms with van der Waals surface area (Å²) in [7, 11) is -2.61. The monoisotopic (exact) mass is 379 g/mol. The first-order valence-electron chi connectivity index (χ1n) is 5.40. The molecule has 0 aliphatic carbocycles. The number of thiazole rings is 1. The number of sulfonamides is 1. The number of anilines is 1. The van der Waals surface area contributed by atoms with Gasteiger partial charge in [0.05, 0.1) is 22.2 Å². The van der Waals surface area contributed by atoms with Crippen LogP contribution in [0.4, 0.5) is 10.1 Å². The Morgan fingerprint density at radius 3 is 2.80 bits per heavy atom. The Hall–Kier alpha value is -1.03. The minimum atomic E-state index is -3.98. The highest BCUT2D eigenvalue weighted by Crippen LogP contribution is 2.28. The number of halogens is 2. The second-order valence-corrected chi connectivity index (χ2v) is 7.64. The molecule has 1 aromatic heterocycles. The fourth-order valence-electron chi connectivity index (χ4n) is 1.57. The van der Waals surface area contributed by atoms with Crippen LogP contribution < -0.4 is 5.73 Å². The maximum absolute atomic E-state index is 14.0. The molecule has 0 unspecified atom stereocenters. The highest BCUT2D eigenvalue weighted by Gasteiger charge is 2.26. The summed E-state index contributed by atoms with van der Waals surface area (Å²) in [5, 5.41) is 1.73. The van der Waals surface area contributed by atoms with E-state index in [0.717, 1.165) is 10.4 Å². The molecule has 0 radical (unpaired) electrons. The van der Waals surface area contributed by atoms with Crippen molar-refractivity contribution < 1.29 is 12.8 Å². The molecule has 20 heavy (non-hydrogen) atoms. The standard InChI is InChI=1S/C11H11BrFN3O2S2/c1-16(4-8-5-19-6-15-8)20(17,18)10-3-7(14)2-9(12)11(10)13/h2-3,5-6H,4,14H2,1H3. The van der Waals surface area contributed by atoms with E-state index in [4.69, 9.17) is 5.73 Å². The Bertz CT molecular complexity index is 720. The van der Waals surface area contributed by atoms with Gasteiger partial charge in [-0.3, -0.25) is 0 Å². The third kappa shape index (κ3) is 3.00. The van der Waals surface area contributed by atoms with Crippen LogP contribution in [0.25, 0.3) is 0 Å². The number of nitrogens with two attached hydrogens (primary N) is 1. The maximum Gasteiger partial charge on any atom is 0.246 e. The second-order valence-electron chi connectivity index (χ2n) is 4.06. The van der Waals surface area contributed by atoms with Crippen LogP contribution in [0.5, 0.6) is 0 Å². The van der Waals surface area contributed by atoms with Gasteiger partial charge in [-0.05, 0) is 28.1 Å². The molecule has 0 saturated carbocycles. The lowest BCUT2D eigenvalue weighted by Gasteiger charge is -2.17. The van der Waals surface area contributed by atoms with Crippen LogP contribution in [0.15, 0.2) is 32.4 Å². The summed E-state index contributed by atoms with van der Waals surface area (Å²) in [5.74, 6) is -0.857. The fourth-order valence-corrected chi connectivity index (χ4v) is 3.99. The summed E-state index contributed by atoms with van der Waals surface area (Å²) in [6.45, 7) is 0.0672. The largest absolute Gasteiger partial charge is 0.399 e. The Balaban J connectivity index is 2.40. The third-order valence-corrected chi connectivity index (χ3v) is 5.59. The highest BCUT2D eigenvalue weighted by molar-refractivity contribution is 9.10. The number of rotatable bonds is 4. The zero-order chi connectivity index (χ0) is 14.9. The van der Waals surface area contributed by atoms with Crippen molar-refractivity contribution in [3.05, 3.63) is 39.0 Å². The van der Waals surface area contributed by atoms with Gasteiger partial charge in [0.25, 0.3) is 0 Å². The number of hydrogen-bond acceptors (Lipinski definition) is 5. The summed E-state index contributed by atoms with van der Waals surface area (Å²) in [6.07, 6.45) is 0. The molecule has 0 amide bonds. The number of nitrogen functional groups attached to an aromatic ring is 1. The molecule has 108 valence electrons. The molecule has 0 aliphatic heterocycles. The van der Waals surface area contributed by atoms with E-state index in [2.05, 4.69) is 20.9 Å². The van der Waals surface area contributed by atoms with Gasteiger partial charge in [-0.25, -0.2) is 17.8 Å². The van der Waals surface area contributed by atoms with Crippen LogP contribution in [0.1, 0.15) is 5.69 Å². The molecule has 0 saturated heterocycles. The van der Waals surface area contributed by atoms with Gasteiger partial charge in [0.2, 0.25) is 10.0 Å². The van der Waals surface area contributed by atoms with Crippen LogP contribution in [-0.2, 0) is 16.6 Å². The molecule has 2 aromatic rings. The van der Waals surface area contributed by atoms with E-state index in [0.29, 0.717) is 5.69 Å². The van der Waals surface area contributed by atoms with Crippen LogP contribution in [0, 0.1) is 5.82 Å². The summed E-state index contributed by atoms with van der Waals surface area (Å²) in [5.41, 5.74) is 7.94. The van der Waals surface area contributed by atoms with Crippen molar-refractivity contribution in [2.75, 3.05) is 12.8 Å². The van der Waals surface area contributed by atoms with Crippen LogP contribution in [-0.4, -0.2) is 24.8 Å². The molecule has 0 spiro atoms. The summed E-state index contributed by atoms with van der Waals surface area (Å²) < 4.78 is 39.8. The summed E-state index contributed by atoms with van der Waals surface area (Å²) in [4.78, 5) is 3.55. The molecule has 1 aromatic carbocycles. The summed E-state index contributed by atoms with van der Waals surface area (Å²) >= 11 is 4.31. The minimum absolute atomic E-state index is 0.0122. The second kappa shape index (κ2) is 5.76. The Labute approximate surface area is 128 Å². The molecular weight excluding hydrogens is 369 g/mol. The topological polar surface area (TPSA) is 76.3 Å². The van der Waals surface area contributed by atoms with E-state index >= 15 is 0 Å².